The molecule has 1 amide bonds. The van der Waals surface area contributed by atoms with Crippen LogP contribution in [0.15, 0.2) is 82.3 Å². The summed E-state index contributed by atoms with van der Waals surface area (Å²) in [4.78, 5) is 15.8. The van der Waals surface area contributed by atoms with Crippen LogP contribution < -0.4 is 22.9 Å². The fraction of sp³-hybridized carbons (Fsp3) is 0.407. The third-order valence-electron chi connectivity index (χ3n) is 7.30. The topological polar surface area (TPSA) is 170 Å². The number of hydrogen-bond donors (Lipinski definition) is 5. The number of rotatable bonds is 7. The van der Waals surface area contributed by atoms with Crippen molar-refractivity contribution in [2.24, 2.45) is 40.7 Å². The number of amides is 1. The lowest BCUT2D eigenvalue weighted by Crippen LogP contribution is -2.56. The predicted molar refractivity (Wildman–Crippen MR) is 148 cm³/mol. The van der Waals surface area contributed by atoms with E-state index in [1.54, 1.807) is 12.2 Å². The van der Waals surface area contributed by atoms with Crippen LogP contribution in [0.3, 0.4) is 0 Å². The van der Waals surface area contributed by atoms with Crippen LogP contribution in [-0.4, -0.2) is 47.7 Å². The van der Waals surface area contributed by atoms with E-state index >= 15 is 0 Å². The van der Waals surface area contributed by atoms with Crippen molar-refractivity contribution in [3.63, 3.8) is 0 Å². The van der Waals surface area contributed by atoms with E-state index in [-0.39, 0.29) is 17.8 Å². The number of primary amides is 1. The molecule has 0 bridgehead atoms. The summed E-state index contributed by atoms with van der Waals surface area (Å²) in [6.07, 6.45) is 15.9. The Morgan fingerprint density at radius 2 is 2.08 bits per heavy atom. The normalized spacial score (nSPS) is 26.9. The summed E-state index contributed by atoms with van der Waals surface area (Å²) >= 11 is 6.54. The van der Waals surface area contributed by atoms with Gasteiger partial charge >= 0.3 is 6.09 Å². The highest BCUT2D eigenvalue weighted by molar-refractivity contribution is 6.30. The van der Waals surface area contributed by atoms with Gasteiger partial charge in [0.2, 0.25) is 5.90 Å². The minimum atomic E-state index is -1.08. The summed E-state index contributed by atoms with van der Waals surface area (Å²) in [7, 11) is 0. The van der Waals surface area contributed by atoms with Crippen molar-refractivity contribution in [1.82, 2.24) is 9.80 Å². The lowest BCUT2D eigenvalue weighted by Gasteiger charge is -2.53. The molecule has 2 aliphatic carbocycles. The smallest absolute Gasteiger partial charge is 0.411 e. The number of carbonyl (C=O) groups excluding carboxylic acids is 1. The van der Waals surface area contributed by atoms with Gasteiger partial charge < -0.3 is 42.2 Å². The second-order valence-corrected chi connectivity index (χ2v) is 10.3. The number of carbonyl (C=O) groups is 1. The van der Waals surface area contributed by atoms with E-state index in [2.05, 4.69) is 22.8 Å². The second kappa shape index (κ2) is 11.7. The maximum Gasteiger partial charge on any atom is 0.411 e. The van der Waals surface area contributed by atoms with E-state index in [1.807, 2.05) is 18.2 Å². The van der Waals surface area contributed by atoms with Crippen molar-refractivity contribution in [1.29, 1.82) is 5.41 Å². The number of allylic oxidation sites excluding steroid dienone is 8. The molecular weight excluding hydrogens is 506 g/mol. The molecule has 1 saturated heterocycles. The predicted octanol–water partition coefficient (Wildman–Crippen LogP) is 3.03. The Morgan fingerprint density at radius 3 is 2.74 bits per heavy atom. The number of nitrogens with zero attached hydrogens (tertiary/aromatic N) is 2. The molecule has 38 heavy (non-hydrogen) atoms. The van der Waals surface area contributed by atoms with Crippen LogP contribution in [0.4, 0.5) is 4.79 Å². The average Bonchev–Trinajstić information content (AvgIpc) is 3.29. The van der Waals surface area contributed by atoms with E-state index in [0.29, 0.717) is 42.0 Å². The van der Waals surface area contributed by atoms with Crippen LogP contribution in [0.25, 0.3) is 0 Å². The minimum absolute atomic E-state index is 0.0857. The first-order valence-electron chi connectivity index (χ1n) is 12.7. The van der Waals surface area contributed by atoms with Gasteiger partial charge in [0.1, 0.15) is 18.2 Å². The van der Waals surface area contributed by atoms with Crippen LogP contribution in [0.1, 0.15) is 26.2 Å². The van der Waals surface area contributed by atoms with Crippen molar-refractivity contribution >= 4 is 23.6 Å². The van der Waals surface area contributed by atoms with E-state index in [4.69, 9.17) is 49.4 Å². The molecule has 0 radical (unpaired) electrons. The summed E-state index contributed by atoms with van der Waals surface area (Å²) in [6, 6.07) is 0.103. The van der Waals surface area contributed by atoms with Crippen LogP contribution in [0, 0.1) is 23.2 Å². The molecule has 0 aromatic carbocycles. The Labute approximate surface area is 228 Å². The Kier molecular flexibility index (Phi) is 8.41. The molecule has 0 aromatic rings. The molecule has 11 heteroatoms. The quantitative estimate of drug-likeness (QED) is 0.186. The fourth-order valence-corrected chi connectivity index (χ4v) is 5.94. The Morgan fingerprint density at radius 1 is 1.29 bits per heavy atom. The maximum atomic E-state index is 11.3. The first-order chi connectivity index (χ1) is 18.2. The SMILES string of the molecule is C[C@@H]1CC[C@H]2CN(C(=C(N)N)/C(=C\C(=N)OC(N)=O)C3C=CC=C3Cl)CN3C2=C1OC[C@H]3C/C=C\C=C/N. The molecule has 0 saturated carbocycles. The van der Waals surface area contributed by atoms with Gasteiger partial charge in [-0.3, -0.25) is 5.41 Å². The average molecular weight is 542 g/mol. The van der Waals surface area contributed by atoms with Gasteiger partial charge in [-0.1, -0.05) is 42.8 Å². The zero-order valence-electron chi connectivity index (χ0n) is 21.5. The van der Waals surface area contributed by atoms with Gasteiger partial charge in [0, 0.05) is 35.4 Å². The summed E-state index contributed by atoms with van der Waals surface area (Å²) < 4.78 is 11.1. The molecule has 1 unspecified atom stereocenters. The first-order valence-corrected chi connectivity index (χ1v) is 13.1. The molecule has 0 aromatic heterocycles. The molecule has 4 aliphatic rings. The van der Waals surface area contributed by atoms with Crippen LogP contribution in [0.5, 0.6) is 0 Å². The van der Waals surface area contributed by atoms with Crippen molar-refractivity contribution in [3.8, 4) is 0 Å². The van der Waals surface area contributed by atoms with Gasteiger partial charge in [-0.25, -0.2) is 4.79 Å². The van der Waals surface area contributed by atoms with E-state index in [0.717, 1.165) is 25.0 Å². The number of hydrogen-bond acceptors (Lipinski definition) is 9. The van der Waals surface area contributed by atoms with E-state index in [9.17, 15) is 4.79 Å². The zero-order chi connectivity index (χ0) is 27.4. The number of nitrogens with one attached hydrogen (secondary N) is 1. The molecule has 1 fully saturated rings. The van der Waals surface area contributed by atoms with Gasteiger partial charge in [-0.15, -0.1) is 0 Å². The molecule has 2 heterocycles. The highest BCUT2D eigenvalue weighted by Crippen LogP contribution is 2.45. The molecule has 0 spiro atoms. The van der Waals surface area contributed by atoms with Crippen molar-refractivity contribution < 1.29 is 14.3 Å². The lowest BCUT2D eigenvalue weighted by molar-refractivity contribution is -0.0152. The summed E-state index contributed by atoms with van der Waals surface area (Å²) in [6.45, 7) is 3.96. The molecule has 2 aliphatic heterocycles. The van der Waals surface area contributed by atoms with Gasteiger partial charge in [-0.05, 0) is 43.2 Å². The molecule has 10 nitrogen and oxygen atoms in total. The fourth-order valence-electron chi connectivity index (χ4n) is 5.67. The molecule has 9 N–H and O–H groups in total. The van der Waals surface area contributed by atoms with Gasteiger partial charge in [-0.2, -0.15) is 0 Å². The third kappa shape index (κ3) is 5.70. The largest absolute Gasteiger partial charge is 0.494 e. The third-order valence-corrected chi connectivity index (χ3v) is 7.66. The Balaban J connectivity index is 1.73. The van der Waals surface area contributed by atoms with Crippen molar-refractivity contribution in [2.75, 3.05) is 19.8 Å². The molecule has 4 rings (SSSR count). The van der Waals surface area contributed by atoms with Gasteiger partial charge in [0.15, 0.2) is 0 Å². The first kappa shape index (κ1) is 27.3. The highest BCUT2D eigenvalue weighted by atomic mass is 35.5. The van der Waals surface area contributed by atoms with Crippen LogP contribution in [-0.2, 0) is 9.47 Å². The summed E-state index contributed by atoms with van der Waals surface area (Å²) in [5, 5.41) is 8.72. The lowest BCUT2D eigenvalue weighted by atomic mass is 9.81. The van der Waals surface area contributed by atoms with Gasteiger partial charge in [0.25, 0.3) is 0 Å². The minimum Gasteiger partial charge on any atom is -0.494 e. The summed E-state index contributed by atoms with van der Waals surface area (Å²) in [5.74, 6) is 0.901. The second-order valence-electron chi connectivity index (χ2n) is 9.88. The Hall–Kier alpha value is -3.79. The highest BCUT2D eigenvalue weighted by Gasteiger charge is 2.44. The van der Waals surface area contributed by atoms with Crippen LogP contribution >= 0.6 is 11.6 Å². The number of nitrogens with two attached hydrogens (primary N) is 4. The molecule has 204 valence electrons. The summed E-state index contributed by atoms with van der Waals surface area (Å²) in [5.41, 5.74) is 25.6. The number of ether oxygens (including phenoxy) is 2. The van der Waals surface area contributed by atoms with Gasteiger partial charge in [0.05, 0.1) is 24.1 Å². The Bertz CT molecular complexity index is 1180. The molecular formula is C27H36ClN7O3. The standard InChI is InChI=1S/C27H36ClN7O3/c1-16-9-10-17-13-34(15-35-18(6-3-2-4-11-29)14-37-25(16)23(17)35)24(26(31)32)20(12-22(30)38-27(33)36)19-7-5-8-21(19)28/h2-5,7-8,11-12,16-19,30H,6,9-10,13-15,29,31-32H2,1H3,(H2,33,36)/b3-2-,11-4-,20-12-,30-22?/t16-,17+,18-,19?/m1/s1. The zero-order valence-corrected chi connectivity index (χ0v) is 22.2. The van der Waals surface area contributed by atoms with Crippen LogP contribution in [0.2, 0.25) is 0 Å². The van der Waals surface area contributed by atoms with E-state index in [1.165, 1.54) is 18.0 Å². The monoisotopic (exact) mass is 541 g/mol. The molecule has 4 atom stereocenters. The maximum absolute atomic E-state index is 11.3. The van der Waals surface area contributed by atoms with E-state index < -0.39 is 17.9 Å². The van der Waals surface area contributed by atoms with Crippen molar-refractivity contribution in [3.05, 3.63) is 82.3 Å². The number of halogens is 1. The van der Waals surface area contributed by atoms with Crippen molar-refractivity contribution in [2.45, 2.75) is 32.2 Å².